The molecule has 0 aromatic heterocycles. The average molecular weight is 657 g/mol. The van der Waals surface area contributed by atoms with Crippen LogP contribution in [0.5, 0.6) is 0 Å². The van der Waals surface area contributed by atoms with E-state index in [2.05, 4.69) is 10.0 Å². The van der Waals surface area contributed by atoms with Gasteiger partial charge in [0.05, 0.1) is 4.90 Å². The van der Waals surface area contributed by atoms with Crippen molar-refractivity contribution in [2.24, 2.45) is 0 Å². The third kappa shape index (κ3) is 8.89. The summed E-state index contributed by atoms with van der Waals surface area (Å²) in [4.78, 5) is 29.4. The van der Waals surface area contributed by atoms with Gasteiger partial charge in [0.15, 0.2) is 0 Å². The predicted molar refractivity (Wildman–Crippen MR) is 170 cm³/mol. The summed E-state index contributed by atoms with van der Waals surface area (Å²) in [6.07, 6.45) is 0.351. The molecule has 230 valence electrons. The van der Waals surface area contributed by atoms with Gasteiger partial charge in [0, 0.05) is 36.1 Å². The fourth-order valence-electron chi connectivity index (χ4n) is 4.67. The zero-order chi connectivity index (χ0) is 31.7. The van der Waals surface area contributed by atoms with Crippen LogP contribution < -0.4 is 10.0 Å². The molecule has 2 amide bonds. The first-order valence-corrected chi connectivity index (χ1v) is 16.2. The van der Waals surface area contributed by atoms with Crippen molar-refractivity contribution in [2.45, 2.75) is 43.8 Å². The summed E-state index contributed by atoms with van der Waals surface area (Å²) in [6.45, 7) is 2.13. The first-order valence-electron chi connectivity index (χ1n) is 14.0. The fraction of sp³-hybridized carbons (Fsp3) is 0.212. The number of nitrogens with zero attached hydrogens (tertiary/aromatic N) is 1. The maximum Gasteiger partial charge on any atom is 0.247 e. The van der Waals surface area contributed by atoms with E-state index in [4.69, 9.17) is 23.2 Å². The minimum Gasteiger partial charge on any atom is -0.350 e. The van der Waals surface area contributed by atoms with Crippen molar-refractivity contribution >= 4 is 45.0 Å². The van der Waals surface area contributed by atoms with Crippen LogP contribution in [0.2, 0.25) is 10.0 Å². The largest absolute Gasteiger partial charge is 0.350 e. The Bertz CT molecular complexity index is 1690. The van der Waals surface area contributed by atoms with Crippen LogP contribution in [0.25, 0.3) is 0 Å². The maximum absolute atomic E-state index is 13.9. The molecule has 0 aliphatic rings. The number of hydrogen-bond acceptors (Lipinski definition) is 4. The van der Waals surface area contributed by atoms with E-state index in [1.807, 2.05) is 6.07 Å². The van der Waals surface area contributed by atoms with E-state index in [-0.39, 0.29) is 36.9 Å². The molecule has 2 N–H and O–H groups in total. The first kappa shape index (κ1) is 33.1. The van der Waals surface area contributed by atoms with Crippen molar-refractivity contribution in [1.29, 1.82) is 0 Å². The van der Waals surface area contributed by atoms with Gasteiger partial charge in [0.1, 0.15) is 11.9 Å². The van der Waals surface area contributed by atoms with Gasteiger partial charge in [-0.25, -0.2) is 17.5 Å². The summed E-state index contributed by atoms with van der Waals surface area (Å²) in [7, 11) is -3.60. The van der Waals surface area contributed by atoms with Crippen molar-refractivity contribution < 1.29 is 22.4 Å². The molecule has 0 aliphatic carbocycles. The minimum absolute atomic E-state index is 0.0418. The maximum atomic E-state index is 13.9. The third-order valence-corrected chi connectivity index (χ3v) is 9.07. The van der Waals surface area contributed by atoms with Crippen molar-refractivity contribution in [2.75, 3.05) is 6.54 Å². The van der Waals surface area contributed by atoms with Crippen LogP contribution in [0.15, 0.2) is 102 Å². The van der Waals surface area contributed by atoms with Crippen molar-refractivity contribution in [3.63, 3.8) is 0 Å². The summed E-state index contributed by atoms with van der Waals surface area (Å²) in [6, 6.07) is 25.0. The minimum atomic E-state index is -3.60. The number of sulfonamides is 1. The quantitative estimate of drug-likeness (QED) is 0.173. The number of carbonyl (C=O) groups excluding carboxylic acids is 2. The molecule has 0 aliphatic heterocycles. The number of rotatable bonds is 13. The number of benzene rings is 4. The van der Waals surface area contributed by atoms with Crippen LogP contribution in [-0.4, -0.2) is 31.7 Å². The van der Waals surface area contributed by atoms with E-state index >= 15 is 0 Å². The molecule has 0 spiro atoms. The average Bonchev–Trinajstić information content (AvgIpc) is 3.01. The smallest absolute Gasteiger partial charge is 0.247 e. The lowest BCUT2D eigenvalue weighted by molar-refractivity contribution is -0.141. The van der Waals surface area contributed by atoms with Gasteiger partial charge >= 0.3 is 0 Å². The summed E-state index contributed by atoms with van der Waals surface area (Å²) < 4.78 is 40.7. The fourth-order valence-corrected chi connectivity index (χ4v) is 6.18. The molecule has 0 radical (unpaired) electrons. The van der Waals surface area contributed by atoms with Crippen LogP contribution >= 0.6 is 23.2 Å². The number of halogens is 3. The van der Waals surface area contributed by atoms with Gasteiger partial charge in [-0.2, -0.15) is 0 Å². The highest BCUT2D eigenvalue weighted by Gasteiger charge is 2.31. The van der Waals surface area contributed by atoms with Crippen molar-refractivity contribution in [3.05, 3.63) is 135 Å². The zero-order valence-corrected chi connectivity index (χ0v) is 26.3. The molecule has 0 heterocycles. The highest BCUT2D eigenvalue weighted by atomic mass is 35.5. The topological polar surface area (TPSA) is 95.6 Å². The standard InChI is InChI=1S/C33H32Cl2FN3O4S/c1-2-38-44(42,43)29-17-10-23(11-18-29)12-19-31(40)39(22-24-8-15-28(36)16-9-24)32(25-6-4-3-5-7-25)33(41)37-21-26-13-14-27(34)20-30(26)35/h3-11,13-18,20,32,38H,2,12,19,21-22H2,1H3,(H,37,41). The summed E-state index contributed by atoms with van der Waals surface area (Å²) in [5.74, 6) is -1.15. The number of aryl methyl sites for hydroxylation is 1. The highest BCUT2D eigenvalue weighted by Crippen LogP contribution is 2.27. The molecule has 0 saturated carbocycles. The Balaban J connectivity index is 1.61. The van der Waals surface area contributed by atoms with Crippen LogP contribution in [0.1, 0.15) is 41.6 Å². The Morgan fingerprint density at radius 3 is 2.18 bits per heavy atom. The second-order valence-electron chi connectivity index (χ2n) is 10.1. The highest BCUT2D eigenvalue weighted by molar-refractivity contribution is 7.89. The molecule has 0 fully saturated rings. The van der Waals surface area contributed by atoms with Gasteiger partial charge in [-0.15, -0.1) is 0 Å². The number of amides is 2. The molecule has 0 saturated heterocycles. The molecule has 4 aromatic carbocycles. The Kier molecular flexibility index (Phi) is 11.5. The lowest BCUT2D eigenvalue weighted by Crippen LogP contribution is -2.43. The van der Waals surface area contributed by atoms with Gasteiger partial charge in [-0.05, 0) is 65.1 Å². The zero-order valence-electron chi connectivity index (χ0n) is 24.0. The molecular formula is C33H32Cl2FN3O4S. The summed E-state index contributed by atoms with van der Waals surface area (Å²) in [5.41, 5.74) is 2.66. The Morgan fingerprint density at radius 1 is 0.886 bits per heavy atom. The molecule has 7 nitrogen and oxygen atoms in total. The lowest BCUT2D eigenvalue weighted by Gasteiger charge is -2.32. The Labute approximate surface area is 267 Å². The van der Waals surface area contributed by atoms with E-state index in [0.29, 0.717) is 33.2 Å². The van der Waals surface area contributed by atoms with E-state index < -0.39 is 27.8 Å². The number of nitrogens with one attached hydrogen (secondary N) is 2. The van der Waals surface area contributed by atoms with Crippen LogP contribution in [0.4, 0.5) is 4.39 Å². The molecule has 0 bridgehead atoms. The van der Waals surface area contributed by atoms with E-state index in [1.165, 1.54) is 29.2 Å². The molecule has 4 rings (SSSR count). The van der Waals surface area contributed by atoms with Crippen LogP contribution in [-0.2, 0) is 39.1 Å². The van der Waals surface area contributed by atoms with Gasteiger partial charge < -0.3 is 10.2 Å². The Morgan fingerprint density at radius 2 is 1.55 bits per heavy atom. The Hall–Kier alpha value is -3.76. The van der Waals surface area contributed by atoms with Crippen molar-refractivity contribution in [3.8, 4) is 0 Å². The molecule has 1 unspecified atom stereocenters. The third-order valence-electron chi connectivity index (χ3n) is 6.93. The molecule has 4 aromatic rings. The summed E-state index contributed by atoms with van der Waals surface area (Å²) in [5, 5.41) is 3.78. The normalized spacial score (nSPS) is 12.0. The molecule has 1 atom stereocenters. The van der Waals surface area contributed by atoms with Gasteiger partial charge in [0.2, 0.25) is 21.8 Å². The number of carbonyl (C=O) groups is 2. The van der Waals surface area contributed by atoms with Gasteiger partial charge in [0.25, 0.3) is 0 Å². The van der Waals surface area contributed by atoms with E-state index in [0.717, 1.165) is 5.56 Å². The van der Waals surface area contributed by atoms with Crippen LogP contribution in [0.3, 0.4) is 0 Å². The number of hydrogen-bond donors (Lipinski definition) is 2. The van der Waals surface area contributed by atoms with E-state index in [1.54, 1.807) is 73.7 Å². The molecule has 11 heteroatoms. The summed E-state index contributed by atoms with van der Waals surface area (Å²) >= 11 is 12.3. The second-order valence-corrected chi connectivity index (χ2v) is 12.7. The van der Waals surface area contributed by atoms with E-state index in [9.17, 15) is 22.4 Å². The van der Waals surface area contributed by atoms with Gasteiger partial charge in [-0.3, -0.25) is 9.59 Å². The SMILES string of the molecule is CCNS(=O)(=O)c1ccc(CCC(=O)N(Cc2ccc(F)cc2)C(C(=O)NCc2ccc(Cl)cc2Cl)c2ccccc2)cc1. The van der Waals surface area contributed by atoms with Crippen molar-refractivity contribution in [1.82, 2.24) is 14.9 Å². The monoisotopic (exact) mass is 655 g/mol. The van der Waals surface area contributed by atoms with Crippen LogP contribution in [0, 0.1) is 5.82 Å². The predicted octanol–water partition coefficient (Wildman–Crippen LogP) is 6.45. The second kappa shape index (κ2) is 15.3. The first-order chi connectivity index (χ1) is 21.1. The lowest BCUT2D eigenvalue weighted by atomic mass is 10.0. The molecule has 44 heavy (non-hydrogen) atoms. The molecular weight excluding hydrogens is 624 g/mol. The van der Waals surface area contributed by atoms with Gasteiger partial charge in [-0.1, -0.05) is 90.8 Å².